The van der Waals surface area contributed by atoms with Crippen LogP contribution in [-0.4, -0.2) is 34.9 Å². The zero-order valence-electron chi connectivity index (χ0n) is 11.2. The maximum Gasteiger partial charge on any atom is 0.412 e. The van der Waals surface area contributed by atoms with Crippen molar-refractivity contribution in [2.45, 2.75) is 26.4 Å². The first-order valence-corrected chi connectivity index (χ1v) is 5.50. The fourth-order valence-corrected chi connectivity index (χ4v) is 1.33. The summed E-state index contributed by atoms with van der Waals surface area (Å²) in [6.07, 6.45) is 1.71. The van der Waals surface area contributed by atoms with Crippen LogP contribution in [-0.2, 0) is 4.74 Å². The summed E-state index contributed by atoms with van der Waals surface area (Å²) in [4.78, 5) is 26.6. The van der Waals surface area contributed by atoms with E-state index in [9.17, 15) is 9.59 Å². The average molecular weight is 268 g/mol. The lowest BCUT2D eigenvalue weighted by molar-refractivity contribution is 0.0636. The summed E-state index contributed by atoms with van der Waals surface area (Å²) in [5, 5.41) is 11.5. The molecular weight excluding hydrogens is 252 g/mol. The summed E-state index contributed by atoms with van der Waals surface area (Å²) >= 11 is 0. The van der Waals surface area contributed by atoms with Crippen LogP contribution in [0, 0.1) is 0 Å². The van der Waals surface area contributed by atoms with Gasteiger partial charge in [0.05, 0.1) is 25.2 Å². The molecule has 7 nitrogen and oxygen atoms in total. The maximum atomic E-state index is 11.6. The molecule has 1 heterocycles. The standard InChI is InChI=1S/C12H16N2O5/c1-12(2,3)19-11(17)14-7-5-13-6-8(18-4)9(7)10(15)16/h5-6H,1-4H3,(H,14,17)(H,15,16). The molecule has 1 aromatic heterocycles. The summed E-state index contributed by atoms with van der Waals surface area (Å²) in [5.41, 5.74) is -0.843. The molecule has 1 rings (SSSR count). The minimum absolute atomic E-state index is 0.0149. The third-order valence-corrected chi connectivity index (χ3v) is 1.98. The number of pyridine rings is 1. The molecule has 0 unspecified atom stereocenters. The third kappa shape index (κ3) is 4.13. The van der Waals surface area contributed by atoms with Gasteiger partial charge in [0.2, 0.25) is 0 Å². The highest BCUT2D eigenvalue weighted by Crippen LogP contribution is 2.25. The monoisotopic (exact) mass is 268 g/mol. The van der Waals surface area contributed by atoms with Crippen molar-refractivity contribution in [1.29, 1.82) is 0 Å². The van der Waals surface area contributed by atoms with Gasteiger partial charge in [-0.3, -0.25) is 10.3 Å². The lowest BCUT2D eigenvalue weighted by atomic mass is 10.2. The van der Waals surface area contributed by atoms with E-state index in [4.69, 9.17) is 14.6 Å². The molecule has 0 saturated heterocycles. The highest BCUT2D eigenvalue weighted by Gasteiger charge is 2.21. The predicted molar refractivity (Wildman–Crippen MR) is 67.6 cm³/mol. The van der Waals surface area contributed by atoms with Gasteiger partial charge in [-0.05, 0) is 20.8 Å². The van der Waals surface area contributed by atoms with E-state index in [2.05, 4.69) is 10.3 Å². The number of anilines is 1. The van der Waals surface area contributed by atoms with E-state index < -0.39 is 17.7 Å². The van der Waals surface area contributed by atoms with Crippen LogP contribution in [0.3, 0.4) is 0 Å². The SMILES string of the molecule is COc1cncc(NC(=O)OC(C)(C)C)c1C(=O)O. The van der Waals surface area contributed by atoms with Crippen LogP contribution in [0.2, 0.25) is 0 Å². The lowest BCUT2D eigenvalue weighted by Gasteiger charge is -2.20. The fourth-order valence-electron chi connectivity index (χ4n) is 1.33. The van der Waals surface area contributed by atoms with Gasteiger partial charge in [0.15, 0.2) is 5.75 Å². The van der Waals surface area contributed by atoms with Gasteiger partial charge in [-0.15, -0.1) is 0 Å². The Morgan fingerprint density at radius 3 is 2.42 bits per heavy atom. The van der Waals surface area contributed by atoms with Crippen molar-refractivity contribution in [1.82, 2.24) is 4.98 Å². The molecule has 0 atom stereocenters. The summed E-state index contributed by atoms with van der Waals surface area (Å²) in [6.45, 7) is 5.11. The molecule has 0 spiro atoms. The molecule has 0 saturated carbocycles. The van der Waals surface area contributed by atoms with E-state index in [0.29, 0.717) is 0 Å². The number of ether oxygens (including phenoxy) is 2. The number of aromatic carboxylic acids is 1. The van der Waals surface area contributed by atoms with Gasteiger partial charge < -0.3 is 14.6 Å². The van der Waals surface area contributed by atoms with E-state index in [1.54, 1.807) is 20.8 Å². The van der Waals surface area contributed by atoms with Crippen molar-refractivity contribution >= 4 is 17.7 Å². The number of hydrogen-bond donors (Lipinski definition) is 2. The highest BCUT2D eigenvalue weighted by atomic mass is 16.6. The third-order valence-electron chi connectivity index (χ3n) is 1.98. The van der Waals surface area contributed by atoms with Crippen molar-refractivity contribution in [3.8, 4) is 5.75 Å². The van der Waals surface area contributed by atoms with E-state index in [0.717, 1.165) is 0 Å². The van der Waals surface area contributed by atoms with Gasteiger partial charge in [0.1, 0.15) is 11.2 Å². The molecule has 7 heteroatoms. The Labute approximate surface area is 110 Å². The fraction of sp³-hybridized carbons (Fsp3) is 0.417. The number of carboxylic acids is 1. The van der Waals surface area contributed by atoms with Crippen LogP contribution in [0.25, 0.3) is 0 Å². The number of rotatable bonds is 3. The van der Waals surface area contributed by atoms with E-state index in [-0.39, 0.29) is 17.0 Å². The number of nitrogens with zero attached hydrogens (tertiary/aromatic N) is 1. The molecule has 1 aromatic rings. The van der Waals surface area contributed by atoms with E-state index in [1.807, 2.05) is 0 Å². The van der Waals surface area contributed by atoms with Gasteiger partial charge in [0, 0.05) is 0 Å². The number of aromatic nitrogens is 1. The smallest absolute Gasteiger partial charge is 0.412 e. The summed E-state index contributed by atoms with van der Waals surface area (Å²) in [6, 6.07) is 0. The van der Waals surface area contributed by atoms with Crippen molar-refractivity contribution in [2.75, 3.05) is 12.4 Å². The van der Waals surface area contributed by atoms with Crippen molar-refractivity contribution in [3.05, 3.63) is 18.0 Å². The molecule has 2 N–H and O–H groups in total. The molecule has 19 heavy (non-hydrogen) atoms. The van der Waals surface area contributed by atoms with Gasteiger partial charge in [-0.2, -0.15) is 0 Å². The first-order valence-electron chi connectivity index (χ1n) is 5.50. The van der Waals surface area contributed by atoms with Crippen LogP contribution < -0.4 is 10.1 Å². The topological polar surface area (TPSA) is 97.8 Å². The first-order chi connectivity index (χ1) is 8.74. The zero-order valence-corrected chi connectivity index (χ0v) is 11.2. The van der Waals surface area contributed by atoms with Gasteiger partial charge in [0.25, 0.3) is 0 Å². The lowest BCUT2D eigenvalue weighted by Crippen LogP contribution is -2.27. The molecule has 1 amide bonds. The van der Waals surface area contributed by atoms with E-state index >= 15 is 0 Å². The Hall–Kier alpha value is -2.31. The average Bonchev–Trinajstić information content (AvgIpc) is 2.25. The second kappa shape index (κ2) is 5.55. The zero-order chi connectivity index (χ0) is 14.6. The Morgan fingerprint density at radius 1 is 1.32 bits per heavy atom. The minimum atomic E-state index is -1.23. The molecule has 0 aliphatic heterocycles. The first kappa shape index (κ1) is 14.7. The Bertz CT molecular complexity index is 493. The minimum Gasteiger partial charge on any atom is -0.494 e. The van der Waals surface area contributed by atoms with Gasteiger partial charge >= 0.3 is 12.1 Å². The number of methoxy groups -OCH3 is 1. The second-order valence-electron chi connectivity index (χ2n) is 4.70. The summed E-state index contributed by atoms with van der Waals surface area (Å²) in [7, 11) is 1.32. The number of carboxylic acid groups (broad SMARTS) is 1. The van der Waals surface area contributed by atoms with Crippen molar-refractivity contribution < 1.29 is 24.2 Å². The highest BCUT2D eigenvalue weighted by molar-refractivity contribution is 6.00. The molecule has 0 bridgehead atoms. The second-order valence-corrected chi connectivity index (χ2v) is 4.70. The van der Waals surface area contributed by atoms with Crippen LogP contribution in [0.5, 0.6) is 5.75 Å². The molecule has 0 aliphatic carbocycles. The van der Waals surface area contributed by atoms with Gasteiger partial charge in [-0.1, -0.05) is 0 Å². The molecular formula is C12H16N2O5. The Kier molecular flexibility index (Phi) is 4.31. The molecule has 0 radical (unpaired) electrons. The normalized spacial score (nSPS) is 10.7. The Balaban J connectivity index is 3.01. The van der Waals surface area contributed by atoms with Crippen LogP contribution in [0.4, 0.5) is 10.5 Å². The molecule has 0 aromatic carbocycles. The Morgan fingerprint density at radius 2 is 1.95 bits per heavy atom. The number of amides is 1. The summed E-state index contributed by atoms with van der Waals surface area (Å²) < 4.78 is 9.93. The number of carbonyl (C=O) groups is 2. The quantitative estimate of drug-likeness (QED) is 0.871. The van der Waals surface area contributed by atoms with E-state index in [1.165, 1.54) is 19.5 Å². The molecule has 0 aliphatic rings. The summed E-state index contributed by atoms with van der Waals surface area (Å²) in [5.74, 6) is -1.17. The number of nitrogens with one attached hydrogen (secondary N) is 1. The number of hydrogen-bond acceptors (Lipinski definition) is 5. The van der Waals surface area contributed by atoms with Crippen molar-refractivity contribution in [2.24, 2.45) is 0 Å². The van der Waals surface area contributed by atoms with Gasteiger partial charge in [-0.25, -0.2) is 9.59 Å². The molecule has 0 fully saturated rings. The maximum absolute atomic E-state index is 11.6. The van der Waals surface area contributed by atoms with Crippen LogP contribution >= 0.6 is 0 Å². The van der Waals surface area contributed by atoms with Crippen molar-refractivity contribution in [3.63, 3.8) is 0 Å². The largest absolute Gasteiger partial charge is 0.494 e. The van der Waals surface area contributed by atoms with Crippen LogP contribution in [0.1, 0.15) is 31.1 Å². The predicted octanol–water partition coefficient (Wildman–Crippen LogP) is 2.14. The molecule has 104 valence electrons. The van der Waals surface area contributed by atoms with Crippen LogP contribution in [0.15, 0.2) is 12.4 Å². The number of carbonyl (C=O) groups excluding carboxylic acids is 1.